The number of nitrogens with zero attached hydrogens (tertiary/aromatic N) is 4. The third-order valence-corrected chi connectivity index (χ3v) is 5.72. The molecule has 3 aromatic rings. The zero-order chi connectivity index (χ0) is 21.8. The van der Waals surface area contributed by atoms with Gasteiger partial charge >= 0.3 is 0 Å². The van der Waals surface area contributed by atoms with E-state index in [1.165, 1.54) is 16.4 Å². The number of aryl methyl sites for hydroxylation is 1. The van der Waals surface area contributed by atoms with Crippen LogP contribution in [0.1, 0.15) is 47.5 Å². The second-order valence-corrected chi connectivity index (χ2v) is 8.14. The topological polar surface area (TPSA) is 97.2 Å². The van der Waals surface area contributed by atoms with Gasteiger partial charge in [-0.1, -0.05) is 17.8 Å². The number of hydrogen-bond donors (Lipinski definition) is 1. The van der Waals surface area contributed by atoms with Gasteiger partial charge in [0.2, 0.25) is 5.16 Å². The van der Waals surface area contributed by atoms with Gasteiger partial charge in [-0.3, -0.25) is 4.79 Å². The van der Waals surface area contributed by atoms with E-state index in [9.17, 15) is 4.79 Å². The highest BCUT2D eigenvalue weighted by atomic mass is 32.2. The van der Waals surface area contributed by atoms with Crippen LogP contribution in [-0.4, -0.2) is 38.1 Å². The summed E-state index contributed by atoms with van der Waals surface area (Å²) < 4.78 is 14.4. The Hall–Kier alpha value is -2.94. The minimum absolute atomic E-state index is 0.0391. The van der Waals surface area contributed by atoms with Crippen molar-refractivity contribution in [3.63, 3.8) is 0 Å². The van der Waals surface area contributed by atoms with Gasteiger partial charge in [0.1, 0.15) is 18.1 Å². The lowest BCUT2D eigenvalue weighted by atomic mass is 10.2. The molecule has 2 heterocycles. The fourth-order valence-corrected chi connectivity index (χ4v) is 4.16. The van der Waals surface area contributed by atoms with Gasteiger partial charge in [0.05, 0.1) is 12.9 Å². The van der Waals surface area contributed by atoms with Crippen molar-refractivity contribution in [1.29, 1.82) is 0 Å². The molecule has 2 N–H and O–H groups in total. The van der Waals surface area contributed by atoms with Crippen LogP contribution in [-0.2, 0) is 6.61 Å². The lowest BCUT2D eigenvalue weighted by Gasteiger charge is -2.13. The largest absolute Gasteiger partial charge is 0.497 e. The first-order valence-electron chi connectivity index (χ1n) is 9.62. The maximum absolute atomic E-state index is 12.7. The average Bonchev–Trinajstić information content (AvgIpc) is 3.23. The molecular formula is C21H27N5O3S. The summed E-state index contributed by atoms with van der Waals surface area (Å²) in [6.07, 6.45) is 0. The molecule has 1 aromatic carbocycles. The molecule has 2 aromatic heterocycles. The van der Waals surface area contributed by atoms with Crippen molar-refractivity contribution in [3.8, 4) is 11.5 Å². The first kappa shape index (κ1) is 21.8. The van der Waals surface area contributed by atoms with Crippen LogP contribution in [0.2, 0.25) is 0 Å². The molecule has 9 heteroatoms. The number of thioether (sulfide) groups is 1. The van der Waals surface area contributed by atoms with Gasteiger partial charge in [-0.15, -0.1) is 10.2 Å². The summed E-state index contributed by atoms with van der Waals surface area (Å²) in [4.78, 5) is 12.7. The third-order valence-electron chi connectivity index (χ3n) is 4.78. The summed E-state index contributed by atoms with van der Waals surface area (Å²) in [5, 5.41) is 8.63. The van der Waals surface area contributed by atoms with Crippen LogP contribution in [0.5, 0.6) is 11.5 Å². The Kier molecular flexibility index (Phi) is 6.71. The van der Waals surface area contributed by atoms with Crippen molar-refractivity contribution in [1.82, 2.24) is 19.4 Å². The number of nitrogens with two attached hydrogens (primary N) is 1. The number of carbonyl (C=O) groups excluding carboxylic acids is 1. The predicted molar refractivity (Wildman–Crippen MR) is 117 cm³/mol. The fraction of sp³-hybridized carbons (Fsp3) is 0.381. The minimum atomic E-state index is 0.0391. The number of ketones is 1. The molecule has 0 fully saturated rings. The fourth-order valence-electron chi connectivity index (χ4n) is 3.40. The van der Waals surface area contributed by atoms with E-state index in [0.29, 0.717) is 28.5 Å². The molecule has 0 amide bonds. The molecule has 0 radical (unpaired) electrons. The number of carbonyl (C=O) groups is 1. The predicted octanol–water partition coefficient (Wildman–Crippen LogP) is 3.55. The number of ether oxygens (including phenoxy) is 2. The van der Waals surface area contributed by atoms with Gasteiger partial charge in [0, 0.05) is 29.1 Å². The highest BCUT2D eigenvalue weighted by molar-refractivity contribution is 7.99. The summed E-state index contributed by atoms with van der Waals surface area (Å²) in [6.45, 7) is 8.36. The molecule has 0 aliphatic heterocycles. The Balaban J connectivity index is 1.62. The zero-order valence-electron chi connectivity index (χ0n) is 17.9. The van der Waals surface area contributed by atoms with Gasteiger partial charge < -0.3 is 19.9 Å². The minimum Gasteiger partial charge on any atom is -0.497 e. The van der Waals surface area contributed by atoms with Crippen LogP contribution in [0.25, 0.3) is 0 Å². The Morgan fingerprint density at radius 2 is 1.93 bits per heavy atom. The molecule has 3 rings (SSSR count). The number of methoxy groups -OCH3 is 1. The lowest BCUT2D eigenvalue weighted by Crippen LogP contribution is -2.16. The van der Waals surface area contributed by atoms with E-state index < -0.39 is 0 Å². The molecule has 0 unspecified atom stereocenters. The summed E-state index contributed by atoms with van der Waals surface area (Å²) in [5.74, 6) is 8.17. The normalized spacial score (nSPS) is 11.1. The Morgan fingerprint density at radius 1 is 1.20 bits per heavy atom. The van der Waals surface area contributed by atoms with E-state index in [2.05, 4.69) is 28.6 Å². The van der Waals surface area contributed by atoms with Gasteiger partial charge in [0.15, 0.2) is 11.6 Å². The van der Waals surface area contributed by atoms with Crippen molar-refractivity contribution in [2.24, 2.45) is 0 Å². The van der Waals surface area contributed by atoms with Crippen molar-refractivity contribution < 1.29 is 14.3 Å². The molecule has 30 heavy (non-hydrogen) atoms. The maximum Gasteiger partial charge on any atom is 0.210 e. The Labute approximate surface area is 180 Å². The summed E-state index contributed by atoms with van der Waals surface area (Å²) in [5.41, 5.74) is 2.79. The lowest BCUT2D eigenvalue weighted by molar-refractivity contribution is 0.102. The third kappa shape index (κ3) is 4.62. The average molecular weight is 430 g/mol. The van der Waals surface area contributed by atoms with Crippen LogP contribution in [0.4, 0.5) is 0 Å². The van der Waals surface area contributed by atoms with E-state index in [4.69, 9.17) is 15.3 Å². The summed E-state index contributed by atoms with van der Waals surface area (Å²) in [7, 11) is 1.60. The van der Waals surface area contributed by atoms with Gasteiger partial charge in [0.25, 0.3) is 0 Å². The second kappa shape index (κ2) is 9.25. The van der Waals surface area contributed by atoms with E-state index in [0.717, 1.165) is 17.0 Å². The molecule has 0 saturated carbocycles. The number of aromatic nitrogens is 4. The van der Waals surface area contributed by atoms with Gasteiger partial charge in [-0.05, 0) is 45.9 Å². The molecule has 0 bridgehead atoms. The van der Waals surface area contributed by atoms with E-state index >= 15 is 0 Å². The standard InChI is InChI=1S/C21H27N5O3S/c1-13(2)25-14(3)9-18(15(25)4)19(27)12-30-21-24-23-20(26(21)22)11-29-17-8-6-7-16(10-17)28-5/h6-10,13H,11-12,22H2,1-5H3. The highest BCUT2D eigenvalue weighted by Crippen LogP contribution is 2.24. The molecular weight excluding hydrogens is 402 g/mol. The Morgan fingerprint density at radius 3 is 2.60 bits per heavy atom. The number of hydrogen-bond acceptors (Lipinski definition) is 7. The maximum atomic E-state index is 12.7. The second-order valence-electron chi connectivity index (χ2n) is 7.20. The van der Waals surface area contributed by atoms with E-state index in [1.54, 1.807) is 13.2 Å². The molecule has 160 valence electrons. The van der Waals surface area contributed by atoms with E-state index in [-0.39, 0.29) is 18.1 Å². The summed E-state index contributed by atoms with van der Waals surface area (Å²) in [6, 6.07) is 9.52. The van der Waals surface area contributed by atoms with E-state index in [1.807, 2.05) is 38.1 Å². The number of benzene rings is 1. The van der Waals surface area contributed by atoms with Crippen molar-refractivity contribution in [2.75, 3.05) is 18.7 Å². The smallest absolute Gasteiger partial charge is 0.210 e. The number of rotatable bonds is 9. The van der Waals surface area contributed by atoms with Crippen molar-refractivity contribution >= 4 is 17.5 Å². The quantitative estimate of drug-likeness (QED) is 0.316. The number of Topliss-reactive ketones (excluding diaryl/α,β-unsaturated/α-hetero) is 1. The molecule has 0 saturated heterocycles. The molecule has 0 aliphatic carbocycles. The molecule has 0 spiro atoms. The first-order chi connectivity index (χ1) is 14.3. The Bertz CT molecular complexity index is 1040. The van der Waals surface area contributed by atoms with Crippen LogP contribution < -0.4 is 15.3 Å². The van der Waals surface area contributed by atoms with Gasteiger partial charge in [-0.2, -0.15) is 0 Å². The molecule has 8 nitrogen and oxygen atoms in total. The first-order valence-corrected chi connectivity index (χ1v) is 10.6. The monoisotopic (exact) mass is 429 g/mol. The van der Waals surface area contributed by atoms with Crippen molar-refractivity contribution in [2.45, 2.75) is 45.5 Å². The van der Waals surface area contributed by atoms with Crippen LogP contribution >= 0.6 is 11.8 Å². The molecule has 0 aliphatic rings. The van der Waals surface area contributed by atoms with Gasteiger partial charge in [-0.25, -0.2) is 4.68 Å². The van der Waals surface area contributed by atoms with Crippen LogP contribution in [0.15, 0.2) is 35.5 Å². The zero-order valence-corrected chi connectivity index (χ0v) is 18.7. The SMILES string of the molecule is COc1cccc(OCc2nnc(SCC(=O)c3cc(C)n(C(C)C)c3C)n2N)c1. The van der Waals surface area contributed by atoms with Crippen LogP contribution in [0.3, 0.4) is 0 Å². The number of nitrogen functional groups attached to an aromatic ring is 1. The van der Waals surface area contributed by atoms with Crippen molar-refractivity contribution in [3.05, 3.63) is 53.1 Å². The van der Waals surface area contributed by atoms with Crippen LogP contribution in [0, 0.1) is 13.8 Å². The summed E-state index contributed by atoms with van der Waals surface area (Å²) >= 11 is 1.26. The molecule has 0 atom stereocenters. The highest BCUT2D eigenvalue weighted by Gasteiger charge is 2.19.